The molecule has 0 spiro atoms. The second-order valence-corrected chi connectivity index (χ2v) is 8.60. The zero-order valence-corrected chi connectivity index (χ0v) is 18.5. The molecule has 33 heavy (non-hydrogen) atoms. The summed E-state index contributed by atoms with van der Waals surface area (Å²) in [5.41, 5.74) is 5.52. The number of anilines is 2. The van der Waals surface area contributed by atoms with E-state index in [0.717, 1.165) is 73.6 Å². The zero-order chi connectivity index (χ0) is 22.6. The highest BCUT2D eigenvalue weighted by atomic mass is 16.5. The molecule has 2 heterocycles. The maximum absolute atomic E-state index is 9.20. The molecule has 3 aromatic rings. The molecule has 0 saturated carbocycles. The van der Waals surface area contributed by atoms with Crippen LogP contribution in [0.5, 0.6) is 5.75 Å². The quantitative estimate of drug-likeness (QED) is 0.506. The number of aryl methyl sites for hydroxylation is 1. The Morgan fingerprint density at radius 2 is 2.06 bits per heavy atom. The van der Waals surface area contributed by atoms with Crippen LogP contribution in [0.3, 0.4) is 0 Å². The van der Waals surface area contributed by atoms with Gasteiger partial charge >= 0.3 is 0 Å². The van der Waals surface area contributed by atoms with E-state index in [1.807, 2.05) is 53.5 Å². The Balaban J connectivity index is 1.35. The molecule has 1 aliphatic carbocycles. The van der Waals surface area contributed by atoms with Crippen molar-refractivity contribution in [3.63, 3.8) is 0 Å². The van der Waals surface area contributed by atoms with Crippen molar-refractivity contribution in [2.75, 3.05) is 18.5 Å². The van der Waals surface area contributed by atoms with Gasteiger partial charge in [0.1, 0.15) is 11.9 Å². The van der Waals surface area contributed by atoms with Crippen LogP contribution in [-0.2, 0) is 11.2 Å². The predicted octanol–water partition coefficient (Wildman–Crippen LogP) is 5.30. The van der Waals surface area contributed by atoms with Gasteiger partial charge in [-0.2, -0.15) is 10.4 Å². The molecule has 2 aromatic carbocycles. The molecule has 0 amide bonds. The zero-order valence-electron chi connectivity index (χ0n) is 18.5. The lowest BCUT2D eigenvalue weighted by molar-refractivity contribution is 0.0662. The van der Waals surface area contributed by atoms with Gasteiger partial charge in [-0.05, 0) is 67.5 Å². The van der Waals surface area contributed by atoms with Crippen LogP contribution in [0.1, 0.15) is 60.1 Å². The van der Waals surface area contributed by atoms with Crippen molar-refractivity contribution in [3.05, 3.63) is 71.0 Å². The highest BCUT2D eigenvalue weighted by molar-refractivity contribution is 5.87. The summed E-state index contributed by atoms with van der Waals surface area (Å²) in [5, 5.41) is 25.0. The van der Waals surface area contributed by atoms with Crippen LogP contribution in [0.15, 0.2) is 48.8 Å². The third-order valence-corrected chi connectivity index (χ3v) is 6.44. The summed E-state index contributed by atoms with van der Waals surface area (Å²) >= 11 is 0. The van der Waals surface area contributed by atoms with Gasteiger partial charge < -0.3 is 20.2 Å². The van der Waals surface area contributed by atoms with Crippen molar-refractivity contribution in [3.8, 4) is 11.8 Å². The molecule has 5 rings (SSSR count). The SMILES string of the molecule is N#Cc1ccc2c(c1)CCCC2Oc1ccc(C=N)c(Nc2cnn(C3CCOCC3)c2)c1. The Kier molecular flexibility index (Phi) is 6.09. The van der Waals surface area contributed by atoms with E-state index in [-0.39, 0.29) is 6.10 Å². The molecule has 1 fully saturated rings. The molecule has 1 aliphatic heterocycles. The van der Waals surface area contributed by atoms with E-state index in [1.54, 1.807) is 0 Å². The van der Waals surface area contributed by atoms with E-state index in [0.29, 0.717) is 11.6 Å². The maximum atomic E-state index is 9.20. The van der Waals surface area contributed by atoms with Crippen LogP contribution in [0.2, 0.25) is 0 Å². The van der Waals surface area contributed by atoms with Gasteiger partial charge in [0, 0.05) is 37.3 Å². The van der Waals surface area contributed by atoms with Crippen molar-refractivity contribution in [2.24, 2.45) is 0 Å². The number of fused-ring (bicyclic) bond motifs is 1. The summed E-state index contributed by atoms with van der Waals surface area (Å²) in [6.07, 6.45) is 10.0. The smallest absolute Gasteiger partial charge is 0.124 e. The van der Waals surface area contributed by atoms with Gasteiger partial charge in [0.05, 0.1) is 35.2 Å². The van der Waals surface area contributed by atoms with Gasteiger partial charge in [-0.3, -0.25) is 4.68 Å². The second kappa shape index (κ2) is 9.47. The first kappa shape index (κ1) is 21.2. The average Bonchev–Trinajstić information content (AvgIpc) is 3.33. The summed E-state index contributed by atoms with van der Waals surface area (Å²) in [6.45, 7) is 1.54. The van der Waals surface area contributed by atoms with Crippen molar-refractivity contribution in [1.82, 2.24) is 9.78 Å². The topological polar surface area (TPSA) is 96.0 Å². The monoisotopic (exact) mass is 441 g/mol. The van der Waals surface area contributed by atoms with Crippen molar-refractivity contribution < 1.29 is 9.47 Å². The van der Waals surface area contributed by atoms with Gasteiger partial charge in [-0.15, -0.1) is 0 Å². The van der Waals surface area contributed by atoms with E-state index in [1.165, 1.54) is 11.8 Å². The highest BCUT2D eigenvalue weighted by Gasteiger charge is 2.22. The highest BCUT2D eigenvalue weighted by Crippen LogP contribution is 2.35. The Morgan fingerprint density at radius 3 is 2.88 bits per heavy atom. The van der Waals surface area contributed by atoms with Gasteiger partial charge in [0.25, 0.3) is 0 Å². The minimum atomic E-state index is -0.0450. The van der Waals surface area contributed by atoms with E-state index in [2.05, 4.69) is 16.5 Å². The summed E-state index contributed by atoms with van der Waals surface area (Å²) in [5.74, 6) is 0.752. The fourth-order valence-electron chi connectivity index (χ4n) is 4.68. The van der Waals surface area contributed by atoms with Gasteiger partial charge in [-0.1, -0.05) is 6.07 Å². The summed E-state index contributed by atoms with van der Waals surface area (Å²) in [7, 11) is 0. The first-order valence-electron chi connectivity index (χ1n) is 11.5. The molecule has 1 unspecified atom stereocenters. The molecule has 7 nitrogen and oxygen atoms in total. The Bertz CT molecular complexity index is 1190. The molecule has 1 saturated heterocycles. The van der Waals surface area contributed by atoms with Crippen molar-refractivity contribution >= 4 is 17.6 Å². The lowest BCUT2D eigenvalue weighted by Crippen LogP contribution is -2.19. The van der Waals surface area contributed by atoms with Crippen LogP contribution in [0.4, 0.5) is 11.4 Å². The fourth-order valence-corrected chi connectivity index (χ4v) is 4.68. The van der Waals surface area contributed by atoms with E-state index >= 15 is 0 Å². The van der Waals surface area contributed by atoms with E-state index in [9.17, 15) is 5.26 Å². The number of hydrogen-bond donors (Lipinski definition) is 2. The standard InChI is InChI=1S/C26H27N5O2/c27-14-18-4-7-24-19(12-18)2-1-3-26(24)33-23-6-5-20(15-28)25(13-23)30-21-16-29-31(17-21)22-8-10-32-11-9-22/h4-7,12-13,15-17,22,26,28,30H,1-3,8-11H2. The van der Waals surface area contributed by atoms with Crippen LogP contribution >= 0.6 is 0 Å². The van der Waals surface area contributed by atoms with E-state index < -0.39 is 0 Å². The lowest BCUT2D eigenvalue weighted by atomic mass is 9.88. The molecule has 1 atom stereocenters. The molecule has 0 radical (unpaired) electrons. The third kappa shape index (κ3) is 4.62. The predicted molar refractivity (Wildman–Crippen MR) is 126 cm³/mol. The lowest BCUT2D eigenvalue weighted by Gasteiger charge is -2.27. The number of benzene rings is 2. The number of hydrogen-bond acceptors (Lipinski definition) is 6. The van der Waals surface area contributed by atoms with Gasteiger partial charge in [0.2, 0.25) is 0 Å². The average molecular weight is 442 g/mol. The van der Waals surface area contributed by atoms with Crippen LogP contribution in [-0.4, -0.2) is 29.2 Å². The summed E-state index contributed by atoms with van der Waals surface area (Å²) in [6, 6.07) is 14.2. The van der Waals surface area contributed by atoms with Gasteiger partial charge in [0.15, 0.2) is 0 Å². The largest absolute Gasteiger partial charge is 0.486 e. The Labute approximate surface area is 193 Å². The molecular weight excluding hydrogens is 414 g/mol. The molecule has 2 N–H and O–H groups in total. The second-order valence-electron chi connectivity index (χ2n) is 8.60. The van der Waals surface area contributed by atoms with Crippen LogP contribution in [0, 0.1) is 16.7 Å². The summed E-state index contributed by atoms with van der Waals surface area (Å²) < 4.78 is 13.9. The molecule has 1 aromatic heterocycles. The fraction of sp³-hybridized carbons (Fsp3) is 0.346. The molecule has 0 bridgehead atoms. The van der Waals surface area contributed by atoms with Crippen molar-refractivity contribution in [2.45, 2.75) is 44.2 Å². The number of aromatic nitrogens is 2. The number of rotatable bonds is 6. The number of nitriles is 1. The maximum Gasteiger partial charge on any atom is 0.124 e. The minimum Gasteiger partial charge on any atom is -0.486 e. The normalized spacial score (nSPS) is 18.2. The summed E-state index contributed by atoms with van der Waals surface area (Å²) in [4.78, 5) is 0. The minimum absolute atomic E-state index is 0.0450. The number of nitrogens with zero attached hydrogens (tertiary/aromatic N) is 3. The number of nitrogens with one attached hydrogen (secondary N) is 2. The molecular formula is C26H27N5O2. The third-order valence-electron chi connectivity index (χ3n) is 6.44. The molecule has 7 heteroatoms. The first-order chi connectivity index (χ1) is 16.2. The van der Waals surface area contributed by atoms with Crippen LogP contribution in [0.25, 0.3) is 0 Å². The Hall–Kier alpha value is -3.63. The Morgan fingerprint density at radius 1 is 1.18 bits per heavy atom. The first-order valence-corrected chi connectivity index (χ1v) is 11.5. The molecule has 168 valence electrons. The van der Waals surface area contributed by atoms with Gasteiger partial charge in [-0.25, -0.2) is 0 Å². The van der Waals surface area contributed by atoms with E-state index in [4.69, 9.17) is 14.9 Å². The van der Waals surface area contributed by atoms with Crippen LogP contribution < -0.4 is 10.1 Å². The molecule has 2 aliphatic rings. The van der Waals surface area contributed by atoms with Crippen molar-refractivity contribution in [1.29, 1.82) is 10.7 Å². The number of ether oxygens (including phenoxy) is 2.